The number of aliphatic carboxylic acids is 1. The molecule has 0 fully saturated rings. The molecule has 182 valence electrons. The molecule has 5 N–H and O–H groups in total. The lowest BCUT2D eigenvalue weighted by molar-refractivity contribution is -0.139. The van der Waals surface area contributed by atoms with Gasteiger partial charge in [-0.3, -0.25) is 4.79 Å². The second kappa shape index (κ2) is 12.3. The van der Waals surface area contributed by atoms with Crippen molar-refractivity contribution in [2.24, 2.45) is 5.73 Å². The fourth-order valence-electron chi connectivity index (χ4n) is 3.26. The van der Waals surface area contributed by atoms with Crippen LogP contribution in [0, 0.1) is 5.82 Å². The predicted octanol–water partition coefficient (Wildman–Crippen LogP) is 3.39. The van der Waals surface area contributed by atoms with Gasteiger partial charge in [0.25, 0.3) is 0 Å². The van der Waals surface area contributed by atoms with Crippen molar-refractivity contribution in [3.8, 4) is 0 Å². The van der Waals surface area contributed by atoms with Crippen molar-refractivity contribution in [3.05, 3.63) is 101 Å². The molecule has 0 saturated carbocycles. The number of hydrogen-bond acceptors (Lipinski definition) is 5. The van der Waals surface area contributed by atoms with Crippen LogP contribution in [0.25, 0.3) is 0 Å². The highest BCUT2D eigenvalue weighted by molar-refractivity contribution is 5.92. The van der Waals surface area contributed by atoms with E-state index in [-0.39, 0.29) is 31.2 Å². The monoisotopic (exact) mass is 479 g/mol. The van der Waals surface area contributed by atoms with Gasteiger partial charge in [-0.25, -0.2) is 14.0 Å². The summed E-state index contributed by atoms with van der Waals surface area (Å²) in [6, 6.07) is 18.4. The van der Waals surface area contributed by atoms with Gasteiger partial charge < -0.3 is 26.2 Å². The number of rotatable bonds is 10. The number of hydrogen-bond donors (Lipinski definition) is 4. The molecule has 9 heteroatoms. The Labute approximate surface area is 201 Å². The number of alkyl carbamates (subject to hydrolysis) is 1. The lowest BCUT2D eigenvalue weighted by atomic mass is 10.0. The molecule has 2 amide bonds. The third-order valence-electron chi connectivity index (χ3n) is 5.17. The molecule has 0 unspecified atom stereocenters. The van der Waals surface area contributed by atoms with Crippen LogP contribution >= 0.6 is 0 Å². The fourth-order valence-corrected chi connectivity index (χ4v) is 3.26. The van der Waals surface area contributed by atoms with Crippen molar-refractivity contribution in [3.63, 3.8) is 0 Å². The van der Waals surface area contributed by atoms with E-state index >= 15 is 0 Å². The average Bonchev–Trinajstić information content (AvgIpc) is 2.85. The van der Waals surface area contributed by atoms with Gasteiger partial charge in [-0.15, -0.1) is 0 Å². The van der Waals surface area contributed by atoms with E-state index in [9.17, 15) is 23.9 Å². The Hall–Kier alpha value is -4.24. The lowest BCUT2D eigenvalue weighted by Gasteiger charge is -2.15. The topological polar surface area (TPSA) is 131 Å². The standard InChI is InChI=1S/C26H26FN3O5/c27-21-9-5-18(6-10-21)14-24(31)29-22-11-7-20(8-12-22)16-35-26(34)30-23(25(32)33)13-17-1-3-19(15-28)4-2-17/h1-12,23H,13-16,28H2,(H,29,31)(H,30,34)(H,32,33)/t23-/m0/s1. The molecule has 0 aromatic heterocycles. The molecule has 3 rings (SSSR count). The summed E-state index contributed by atoms with van der Waals surface area (Å²) >= 11 is 0. The molecule has 0 bridgehead atoms. The number of ether oxygens (including phenoxy) is 1. The number of benzene rings is 3. The molecule has 1 atom stereocenters. The highest BCUT2D eigenvalue weighted by Crippen LogP contribution is 2.12. The summed E-state index contributed by atoms with van der Waals surface area (Å²) in [4.78, 5) is 35.8. The van der Waals surface area contributed by atoms with Gasteiger partial charge in [0.2, 0.25) is 5.91 Å². The zero-order chi connectivity index (χ0) is 25.2. The first-order valence-electron chi connectivity index (χ1n) is 10.9. The Morgan fingerprint density at radius 3 is 2.03 bits per heavy atom. The Kier molecular flexibility index (Phi) is 8.91. The normalized spacial score (nSPS) is 11.4. The third-order valence-corrected chi connectivity index (χ3v) is 5.17. The van der Waals surface area contributed by atoms with Gasteiger partial charge in [-0.1, -0.05) is 48.5 Å². The number of carboxylic acid groups (broad SMARTS) is 1. The molecule has 35 heavy (non-hydrogen) atoms. The van der Waals surface area contributed by atoms with Gasteiger partial charge in [-0.2, -0.15) is 0 Å². The van der Waals surface area contributed by atoms with Crippen molar-refractivity contribution >= 4 is 23.7 Å². The molecular weight excluding hydrogens is 453 g/mol. The first-order valence-corrected chi connectivity index (χ1v) is 10.9. The van der Waals surface area contributed by atoms with Crippen LogP contribution in [-0.4, -0.2) is 29.1 Å². The number of carbonyl (C=O) groups excluding carboxylic acids is 2. The van der Waals surface area contributed by atoms with Crippen LogP contribution in [0.1, 0.15) is 22.3 Å². The number of halogens is 1. The number of amides is 2. The summed E-state index contributed by atoms with van der Waals surface area (Å²) in [5.74, 6) is -1.79. The predicted molar refractivity (Wildman–Crippen MR) is 128 cm³/mol. The second-order valence-electron chi connectivity index (χ2n) is 7.88. The smallest absolute Gasteiger partial charge is 0.408 e. The van der Waals surface area contributed by atoms with Crippen LogP contribution in [0.15, 0.2) is 72.8 Å². The highest BCUT2D eigenvalue weighted by atomic mass is 19.1. The Morgan fingerprint density at radius 1 is 0.857 bits per heavy atom. The molecule has 0 aliphatic carbocycles. The summed E-state index contributed by atoms with van der Waals surface area (Å²) < 4.78 is 18.1. The maximum absolute atomic E-state index is 13.0. The van der Waals surface area contributed by atoms with Crippen molar-refractivity contribution in [2.75, 3.05) is 5.32 Å². The average molecular weight is 480 g/mol. The van der Waals surface area contributed by atoms with Gasteiger partial charge in [0.05, 0.1) is 6.42 Å². The minimum Gasteiger partial charge on any atom is -0.480 e. The van der Waals surface area contributed by atoms with Crippen LogP contribution < -0.4 is 16.4 Å². The number of anilines is 1. The van der Waals surface area contributed by atoms with E-state index in [0.29, 0.717) is 23.4 Å². The second-order valence-corrected chi connectivity index (χ2v) is 7.88. The number of carbonyl (C=O) groups is 3. The lowest BCUT2D eigenvalue weighted by Crippen LogP contribution is -2.42. The quantitative estimate of drug-likeness (QED) is 0.353. The number of nitrogens with two attached hydrogens (primary N) is 1. The highest BCUT2D eigenvalue weighted by Gasteiger charge is 2.21. The Morgan fingerprint density at radius 2 is 1.43 bits per heavy atom. The van der Waals surface area contributed by atoms with Gasteiger partial charge in [0.1, 0.15) is 18.5 Å². The largest absolute Gasteiger partial charge is 0.480 e. The SMILES string of the molecule is NCc1ccc(C[C@H](NC(=O)OCc2ccc(NC(=O)Cc3ccc(F)cc3)cc2)C(=O)O)cc1. The van der Waals surface area contributed by atoms with E-state index in [4.69, 9.17) is 10.5 Å². The van der Waals surface area contributed by atoms with Gasteiger partial charge in [-0.05, 0) is 46.5 Å². The first-order chi connectivity index (χ1) is 16.8. The molecule has 0 aliphatic heterocycles. The number of carboxylic acids is 1. The van der Waals surface area contributed by atoms with Crippen LogP contribution in [-0.2, 0) is 40.3 Å². The summed E-state index contributed by atoms with van der Waals surface area (Å²) in [7, 11) is 0. The Bertz CT molecular complexity index is 1150. The zero-order valence-corrected chi connectivity index (χ0v) is 18.9. The maximum atomic E-state index is 13.0. The maximum Gasteiger partial charge on any atom is 0.408 e. The summed E-state index contributed by atoms with van der Waals surface area (Å²) in [6.07, 6.45) is -0.651. The molecular formula is C26H26FN3O5. The molecule has 3 aromatic rings. The van der Waals surface area contributed by atoms with Gasteiger partial charge in [0, 0.05) is 18.7 Å². The number of nitrogens with one attached hydrogen (secondary N) is 2. The minimum atomic E-state index is -1.18. The van der Waals surface area contributed by atoms with Gasteiger partial charge >= 0.3 is 12.1 Å². The fraction of sp³-hybridized carbons (Fsp3) is 0.192. The molecule has 0 spiro atoms. The van der Waals surface area contributed by atoms with Crippen LogP contribution in [0.5, 0.6) is 0 Å². The van der Waals surface area contributed by atoms with Crippen molar-refractivity contribution in [2.45, 2.75) is 32.0 Å². The molecule has 3 aromatic carbocycles. The summed E-state index contributed by atoms with van der Waals surface area (Å²) in [5.41, 5.74) is 9.12. The summed E-state index contributed by atoms with van der Waals surface area (Å²) in [5, 5.41) is 14.5. The van der Waals surface area contributed by atoms with Crippen molar-refractivity contribution < 1.29 is 28.6 Å². The molecule has 8 nitrogen and oxygen atoms in total. The van der Waals surface area contributed by atoms with Gasteiger partial charge in [0.15, 0.2) is 0 Å². The molecule has 0 radical (unpaired) electrons. The molecule has 0 heterocycles. The zero-order valence-electron chi connectivity index (χ0n) is 18.9. The Balaban J connectivity index is 1.46. The van der Waals surface area contributed by atoms with E-state index < -0.39 is 18.1 Å². The van der Waals surface area contributed by atoms with E-state index in [1.807, 2.05) is 0 Å². The minimum absolute atomic E-state index is 0.0762. The van der Waals surface area contributed by atoms with Crippen LogP contribution in [0.4, 0.5) is 14.9 Å². The van der Waals surface area contributed by atoms with Crippen molar-refractivity contribution in [1.29, 1.82) is 0 Å². The molecule has 0 aliphatic rings. The van der Waals surface area contributed by atoms with E-state index in [2.05, 4.69) is 10.6 Å². The van der Waals surface area contributed by atoms with Crippen LogP contribution in [0.3, 0.4) is 0 Å². The van der Waals surface area contributed by atoms with E-state index in [1.54, 1.807) is 60.7 Å². The summed E-state index contributed by atoms with van der Waals surface area (Å²) in [6.45, 7) is 0.309. The van der Waals surface area contributed by atoms with E-state index in [1.165, 1.54) is 12.1 Å². The van der Waals surface area contributed by atoms with Crippen LogP contribution in [0.2, 0.25) is 0 Å². The third kappa shape index (κ3) is 8.24. The van der Waals surface area contributed by atoms with Crippen molar-refractivity contribution in [1.82, 2.24) is 5.32 Å². The van der Waals surface area contributed by atoms with E-state index in [0.717, 1.165) is 11.1 Å². The molecule has 0 saturated heterocycles. The first kappa shape index (κ1) is 25.4.